The summed E-state index contributed by atoms with van der Waals surface area (Å²) in [5, 5.41) is 12.1. The number of fused-ring (bicyclic) bond motifs is 1. The Morgan fingerprint density at radius 3 is 2.45 bits per heavy atom. The minimum atomic E-state index is -0.878. The molecule has 3 aromatic carbocycles. The number of carbonyl (C=O) groups excluding carboxylic acids is 2. The van der Waals surface area contributed by atoms with E-state index in [1.165, 1.54) is 0 Å². The van der Waals surface area contributed by atoms with Crippen molar-refractivity contribution in [2.45, 2.75) is 50.6 Å². The summed E-state index contributed by atoms with van der Waals surface area (Å²) in [6.07, 6.45) is 4.17. The summed E-state index contributed by atoms with van der Waals surface area (Å²) in [6.45, 7) is 0.697. The van der Waals surface area contributed by atoms with Crippen LogP contribution in [0, 0.1) is 5.92 Å². The summed E-state index contributed by atoms with van der Waals surface area (Å²) in [6, 6.07) is 24.6. The number of aliphatic hydroxyl groups is 1. The maximum absolute atomic E-state index is 13.2. The van der Waals surface area contributed by atoms with E-state index >= 15 is 0 Å². The Morgan fingerprint density at radius 2 is 1.68 bits per heavy atom. The summed E-state index contributed by atoms with van der Waals surface area (Å²) in [4.78, 5) is 30.6. The van der Waals surface area contributed by atoms with Gasteiger partial charge in [0.25, 0.3) is 0 Å². The van der Waals surface area contributed by atoms with Crippen LogP contribution in [0.2, 0.25) is 0 Å². The summed E-state index contributed by atoms with van der Waals surface area (Å²) < 4.78 is 2.15. The van der Waals surface area contributed by atoms with Crippen LogP contribution in [0.15, 0.2) is 78.9 Å². The van der Waals surface area contributed by atoms with Gasteiger partial charge < -0.3 is 15.4 Å². The third-order valence-corrected chi connectivity index (χ3v) is 7.61. The SMILES string of the molecule is N[C@H](C(=O)NC(=O)[C@@H]1CCCC[C@H]1c1ccc(Cn2c(CCO)nc3ccccc32)cc1)c1ccccc1. The molecular weight excluding hydrogens is 476 g/mol. The van der Waals surface area contributed by atoms with Gasteiger partial charge in [0.2, 0.25) is 11.8 Å². The molecule has 0 spiro atoms. The summed E-state index contributed by atoms with van der Waals surface area (Å²) in [5.41, 5.74) is 11.0. The molecule has 1 aliphatic rings. The van der Waals surface area contributed by atoms with Gasteiger partial charge in [-0.2, -0.15) is 0 Å². The number of rotatable bonds is 8. The Morgan fingerprint density at radius 1 is 0.974 bits per heavy atom. The minimum Gasteiger partial charge on any atom is -0.396 e. The van der Waals surface area contributed by atoms with E-state index in [2.05, 4.69) is 34.1 Å². The number of aromatic nitrogens is 2. The van der Waals surface area contributed by atoms with Crippen LogP contribution in [0.3, 0.4) is 0 Å². The van der Waals surface area contributed by atoms with Crippen LogP contribution >= 0.6 is 0 Å². The van der Waals surface area contributed by atoms with Crippen molar-refractivity contribution < 1.29 is 14.7 Å². The van der Waals surface area contributed by atoms with Gasteiger partial charge in [-0.15, -0.1) is 0 Å². The molecule has 4 N–H and O–H groups in total. The molecule has 0 aliphatic heterocycles. The predicted octanol–water partition coefficient (Wildman–Crippen LogP) is 4.24. The summed E-state index contributed by atoms with van der Waals surface area (Å²) >= 11 is 0. The lowest BCUT2D eigenvalue weighted by Crippen LogP contribution is -2.43. The normalized spacial score (nSPS) is 18.3. The van der Waals surface area contributed by atoms with Crippen LogP contribution in [0.25, 0.3) is 11.0 Å². The van der Waals surface area contributed by atoms with Gasteiger partial charge in [0.05, 0.1) is 17.6 Å². The number of hydrogen-bond donors (Lipinski definition) is 3. The Kier molecular flexibility index (Phi) is 7.96. The molecule has 1 aliphatic carbocycles. The third kappa shape index (κ3) is 5.54. The molecule has 1 aromatic heterocycles. The molecule has 0 radical (unpaired) electrons. The molecule has 7 heteroatoms. The zero-order valence-corrected chi connectivity index (χ0v) is 21.4. The first-order chi connectivity index (χ1) is 18.5. The average molecular weight is 511 g/mol. The van der Waals surface area contributed by atoms with Crippen molar-refractivity contribution >= 4 is 22.8 Å². The number of nitrogens with two attached hydrogens (primary N) is 1. The molecule has 0 bridgehead atoms. The van der Waals surface area contributed by atoms with Gasteiger partial charge in [-0.25, -0.2) is 4.98 Å². The lowest BCUT2D eigenvalue weighted by molar-refractivity contribution is -0.134. The molecule has 38 heavy (non-hydrogen) atoms. The van der Waals surface area contributed by atoms with Gasteiger partial charge in [-0.3, -0.25) is 14.9 Å². The van der Waals surface area contributed by atoms with Crippen LogP contribution in [0.4, 0.5) is 0 Å². The van der Waals surface area contributed by atoms with Gasteiger partial charge in [0, 0.05) is 18.9 Å². The van der Waals surface area contributed by atoms with Crippen molar-refractivity contribution in [2.75, 3.05) is 6.61 Å². The Hall–Kier alpha value is -3.81. The topological polar surface area (TPSA) is 110 Å². The zero-order valence-electron chi connectivity index (χ0n) is 21.4. The second kappa shape index (κ2) is 11.7. The number of imidazole rings is 1. The highest BCUT2D eigenvalue weighted by Gasteiger charge is 2.33. The Bertz CT molecular complexity index is 1400. The highest BCUT2D eigenvalue weighted by atomic mass is 16.3. The van der Waals surface area contributed by atoms with Gasteiger partial charge in [0.1, 0.15) is 11.9 Å². The monoisotopic (exact) mass is 510 g/mol. The number of hydrogen-bond acceptors (Lipinski definition) is 5. The maximum atomic E-state index is 13.2. The van der Waals surface area contributed by atoms with E-state index in [0.717, 1.165) is 53.7 Å². The molecule has 2 amide bonds. The van der Waals surface area contributed by atoms with Crippen molar-refractivity contribution in [3.05, 3.63) is 101 Å². The molecule has 3 atom stereocenters. The van der Waals surface area contributed by atoms with E-state index in [9.17, 15) is 14.7 Å². The fourth-order valence-corrected chi connectivity index (χ4v) is 5.59. The van der Waals surface area contributed by atoms with Crippen LogP contribution in [0.1, 0.15) is 60.2 Å². The number of imide groups is 1. The molecule has 1 fully saturated rings. The highest BCUT2D eigenvalue weighted by molar-refractivity contribution is 5.99. The number of carbonyl (C=O) groups is 2. The van der Waals surface area contributed by atoms with Gasteiger partial charge in [0.15, 0.2) is 0 Å². The molecule has 1 heterocycles. The Labute approximate surface area is 222 Å². The van der Waals surface area contributed by atoms with Gasteiger partial charge in [-0.1, -0.05) is 79.6 Å². The maximum Gasteiger partial charge on any atom is 0.248 e. The van der Waals surface area contributed by atoms with Gasteiger partial charge in [-0.05, 0) is 47.6 Å². The van der Waals surface area contributed by atoms with Crippen LogP contribution in [-0.4, -0.2) is 33.1 Å². The van der Waals surface area contributed by atoms with Crippen LogP contribution < -0.4 is 11.1 Å². The molecule has 4 aromatic rings. The fourth-order valence-electron chi connectivity index (χ4n) is 5.59. The van der Waals surface area contributed by atoms with Gasteiger partial charge >= 0.3 is 0 Å². The molecule has 0 unspecified atom stereocenters. The van der Waals surface area contributed by atoms with Crippen LogP contribution in [0.5, 0.6) is 0 Å². The second-order valence-electron chi connectivity index (χ2n) is 10.1. The van der Waals surface area contributed by atoms with E-state index in [0.29, 0.717) is 18.5 Å². The number of nitrogens with zero attached hydrogens (tertiary/aromatic N) is 2. The van der Waals surface area contributed by atoms with Crippen molar-refractivity contribution in [1.29, 1.82) is 0 Å². The highest BCUT2D eigenvalue weighted by Crippen LogP contribution is 2.38. The molecule has 7 nitrogen and oxygen atoms in total. The van der Waals surface area contributed by atoms with Crippen molar-refractivity contribution in [2.24, 2.45) is 11.7 Å². The van der Waals surface area contributed by atoms with E-state index in [1.54, 1.807) is 12.1 Å². The minimum absolute atomic E-state index is 0.0478. The van der Waals surface area contributed by atoms with E-state index < -0.39 is 11.9 Å². The van der Waals surface area contributed by atoms with Crippen LogP contribution in [-0.2, 0) is 22.6 Å². The van der Waals surface area contributed by atoms with Crippen molar-refractivity contribution in [3.8, 4) is 0 Å². The first kappa shape index (κ1) is 25.8. The molecular formula is C31H34N4O3. The number of amides is 2. The average Bonchev–Trinajstić information content (AvgIpc) is 3.30. The molecule has 196 valence electrons. The van der Waals surface area contributed by atoms with E-state index in [4.69, 9.17) is 10.7 Å². The first-order valence-electron chi connectivity index (χ1n) is 13.3. The predicted molar refractivity (Wildman–Crippen MR) is 147 cm³/mol. The molecule has 0 saturated heterocycles. The number of aliphatic hydroxyl groups excluding tert-OH is 1. The first-order valence-corrected chi connectivity index (χ1v) is 13.3. The van der Waals surface area contributed by atoms with E-state index in [1.807, 2.05) is 42.5 Å². The van der Waals surface area contributed by atoms with Crippen molar-refractivity contribution in [1.82, 2.24) is 14.9 Å². The number of benzene rings is 3. The largest absolute Gasteiger partial charge is 0.396 e. The standard InChI is InChI=1S/C31H34N4O3/c32-29(23-8-2-1-3-9-23)31(38)34-30(37)25-11-5-4-10-24(25)22-16-14-21(15-17-22)20-35-27-13-7-6-12-26(27)33-28(35)18-19-36/h1-3,6-9,12-17,24-25,29,36H,4-5,10-11,18-20,32H2,(H,34,37,38)/t24-,25+,29-/m0/s1. The van der Waals surface area contributed by atoms with E-state index in [-0.39, 0.29) is 24.3 Å². The quantitative estimate of drug-likeness (QED) is 0.329. The second-order valence-corrected chi connectivity index (χ2v) is 10.1. The summed E-state index contributed by atoms with van der Waals surface area (Å²) in [7, 11) is 0. The lowest BCUT2D eigenvalue weighted by Gasteiger charge is -2.31. The Balaban J connectivity index is 1.30. The van der Waals surface area contributed by atoms with Crippen molar-refractivity contribution in [3.63, 3.8) is 0 Å². The number of para-hydroxylation sites is 2. The number of nitrogens with one attached hydrogen (secondary N) is 1. The smallest absolute Gasteiger partial charge is 0.248 e. The molecule has 5 rings (SSSR count). The summed E-state index contributed by atoms with van der Waals surface area (Å²) in [5.74, 6) is -0.0613. The third-order valence-electron chi connectivity index (χ3n) is 7.61. The zero-order chi connectivity index (χ0) is 26.5. The molecule has 1 saturated carbocycles. The lowest BCUT2D eigenvalue weighted by atomic mass is 9.75. The fraction of sp³-hybridized carbons (Fsp3) is 0.323.